The van der Waals surface area contributed by atoms with Gasteiger partial charge in [0.2, 0.25) is 5.82 Å². The van der Waals surface area contributed by atoms with Crippen molar-refractivity contribution in [2.24, 2.45) is 5.92 Å². The summed E-state index contributed by atoms with van der Waals surface area (Å²) in [4.78, 5) is 20.9. The molecule has 2 atom stereocenters. The van der Waals surface area contributed by atoms with E-state index in [1.807, 2.05) is 43.3 Å². The molecule has 26 heavy (non-hydrogen) atoms. The Morgan fingerprint density at radius 1 is 1.19 bits per heavy atom. The molecule has 0 radical (unpaired) electrons. The van der Waals surface area contributed by atoms with Crippen molar-refractivity contribution in [3.8, 4) is 11.4 Å². The molecule has 0 saturated heterocycles. The third-order valence-electron chi connectivity index (χ3n) is 4.35. The van der Waals surface area contributed by atoms with E-state index in [0.717, 1.165) is 17.5 Å². The van der Waals surface area contributed by atoms with Gasteiger partial charge in [0.15, 0.2) is 6.61 Å². The number of carbonyl (C=O) groups is 1. The molecular formula is C20H21N3O3. The van der Waals surface area contributed by atoms with Gasteiger partial charge in [-0.2, -0.15) is 4.98 Å². The van der Waals surface area contributed by atoms with E-state index >= 15 is 0 Å². The van der Waals surface area contributed by atoms with E-state index in [1.165, 1.54) is 0 Å². The van der Waals surface area contributed by atoms with Crippen molar-refractivity contribution in [3.63, 3.8) is 0 Å². The summed E-state index contributed by atoms with van der Waals surface area (Å²) in [7, 11) is 0. The number of ether oxygens (including phenoxy) is 1. The predicted octanol–water partition coefficient (Wildman–Crippen LogP) is 4.00. The minimum absolute atomic E-state index is 0.0497. The molecule has 1 aromatic carbocycles. The van der Waals surface area contributed by atoms with E-state index in [2.05, 4.69) is 22.0 Å². The lowest BCUT2D eigenvalue weighted by atomic mass is 9.86. The number of aromatic nitrogens is 3. The lowest BCUT2D eigenvalue weighted by Crippen LogP contribution is -2.22. The van der Waals surface area contributed by atoms with Crippen LogP contribution < -0.4 is 0 Å². The maximum Gasteiger partial charge on any atom is 0.314 e. The van der Waals surface area contributed by atoms with Crippen LogP contribution in [0.15, 0.2) is 59.4 Å². The Balaban J connectivity index is 1.68. The Kier molecular flexibility index (Phi) is 5.73. The summed E-state index contributed by atoms with van der Waals surface area (Å²) in [5, 5.41) is 3.90. The number of benzene rings is 1. The van der Waals surface area contributed by atoms with Crippen LogP contribution in [0, 0.1) is 5.92 Å². The van der Waals surface area contributed by atoms with E-state index in [-0.39, 0.29) is 30.3 Å². The van der Waals surface area contributed by atoms with Crippen LogP contribution in [0.3, 0.4) is 0 Å². The summed E-state index contributed by atoms with van der Waals surface area (Å²) in [5.74, 6) is 0.242. The zero-order chi connectivity index (χ0) is 18.4. The minimum atomic E-state index is -0.318. The molecule has 0 N–H and O–H groups in total. The number of esters is 1. The Morgan fingerprint density at radius 3 is 2.69 bits per heavy atom. The van der Waals surface area contributed by atoms with Gasteiger partial charge in [-0.15, -0.1) is 0 Å². The minimum Gasteiger partial charge on any atom is -0.455 e. The molecule has 134 valence electrons. The van der Waals surface area contributed by atoms with Gasteiger partial charge in [0, 0.05) is 18.0 Å². The highest BCUT2D eigenvalue weighted by atomic mass is 16.6. The maximum atomic E-state index is 12.7. The molecule has 0 saturated carbocycles. The summed E-state index contributed by atoms with van der Waals surface area (Å²) in [6.07, 6.45) is 4.19. The van der Waals surface area contributed by atoms with Gasteiger partial charge in [-0.25, -0.2) is 0 Å². The topological polar surface area (TPSA) is 78.1 Å². The summed E-state index contributed by atoms with van der Waals surface area (Å²) in [5.41, 5.74) is 1.70. The molecule has 3 aromatic rings. The number of hydrogen-bond donors (Lipinski definition) is 0. The highest BCUT2D eigenvalue weighted by molar-refractivity contribution is 5.78. The van der Waals surface area contributed by atoms with Crippen LogP contribution in [-0.4, -0.2) is 21.1 Å². The molecule has 0 spiro atoms. The van der Waals surface area contributed by atoms with Crippen LogP contribution in [0.5, 0.6) is 0 Å². The second kappa shape index (κ2) is 8.38. The van der Waals surface area contributed by atoms with Gasteiger partial charge in [-0.1, -0.05) is 55.8 Å². The third kappa shape index (κ3) is 4.14. The zero-order valence-electron chi connectivity index (χ0n) is 14.8. The van der Waals surface area contributed by atoms with Gasteiger partial charge in [-0.05, 0) is 23.6 Å². The van der Waals surface area contributed by atoms with Crippen LogP contribution in [0.25, 0.3) is 11.4 Å². The standard InChI is InChI=1S/C20H21N3O3/c1-3-14(2)18(15-8-5-4-6-9-15)20(24)25-13-17-22-19(23-26-17)16-10-7-11-21-12-16/h4-12,14,18H,3,13H2,1-2H3/t14-,18-/m1/s1. The van der Waals surface area contributed by atoms with Crippen LogP contribution in [0.1, 0.15) is 37.6 Å². The first-order valence-corrected chi connectivity index (χ1v) is 8.63. The van der Waals surface area contributed by atoms with Gasteiger partial charge in [-0.3, -0.25) is 9.78 Å². The normalized spacial score (nSPS) is 13.2. The van der Waals surface area contributed by atoms with E-state index in [4.69, 9.17) is 9.26 Å². The van der Waals surface area contributed by atoms with Crippen molar-refractivity contribution in [2.75, 3.05) is 0 Å². The highest BCUT2D eigenvalue weighted by Gasteiger charge is 2.27. The van der Waals surface area contributed by atoms with Crippen molar-refractivity contribution in [2.45, 2.75) is 32.8 Å². The van der Waals surface area contributed by atoms with Crippen LogP contribution in [0.4, 0.5) is 0 Å². The van der Waals surface area contributed by atoms with E-state index in [1.54, 1.807) is 18.5 Å². The zero-order valence-corrected chi connectivity index (χ0v) is 14.8. The Hall–Kier alpha value is -3.02. The molecule has 3 rings (SSSR count). The molecule has 2 heterocycles. The molecular weight excluding hydrogens is 330 g/mol. The smallest absolute Gasteiger partial charge is 0.314 e. The fourth-order valence-electron chi connectivity index (χ4n) is 2.74. The fourth-order valence-corrected chi connectivity index (χ4v) is 2.74. The average molecular weight is 351 g/mol. The first-order valence-electron chi connectivity index (χ1n) is 8.63. The van der Waals surface area contributed by atoms with Gasteiger partial charge >= 0.3 is 5.97 Å². The molecule has 0 bridgehead atoms. The van der Waals surface area contributed by atoms with Crippen molar-refractivity contribution in [3.05, 3.63) is 66.3 Å². The molecule has 0 aliphatic rings. The van der Waals surface area contributed by atoms with Crippen molar-refractivity contribution >= 4 is 5.97 Å². The van der Waals surface area contributed by atoms with E-state index in [9.17, 15) is 4.79 Å². The summed E-state index contributed by atoms with van der Waals surface area (Å²) >= 11 is 0. The fraction of sp³-hybridized carbons (Fsp3) is 0.300. The largest absolute Gasteiger partial charge is 0.455 e. The highest BCUT2D eigenvalue weighted by Crippen LogP contribution is 2.28. The average Bonchev–Trinajstić information content (AvgIpc) is 3.17. The lowest BCUT2D eigenvalue weighted by Gasteiger charge is -2.21. The number of pyridine rings is 1. The molecule has 0 unspecified atom stereocenters. The molecule has 0 amide bonds. The number of rotatable bonds is 7. The second-order valence-corrected chi connectivity index (χ2v) is 6.14. The predicted molar refractivity (Wildman–Crippen MR) is 96.0 cm³/mol. The molecule has 0 aliphatic carbocycles. The summed E-state index contributed by atoms with van der Waals surface area (Å²) < 4.78 is 10.6. The number of carbonyl (C=O) groups excluding carboxylic acids is 1. The van der Waals surface area contributed by atoms with Crippen molar-refractivity contribution < 1.29 is 14.1 Å². The lowest BCUT2D eigenvalue weighted by molar-refractivity contribution is -0.149. The number of hydrogen-bond acceptors (Lipinski definition) is 6. The van der Waals surface area contributed by atoms with Gasteiger partial charge < -0.3 is 9.26 Å². The van der Waals surface area contributed by atoms with Gasteiger partial charge in [0.1, 0.15) is 0 Å². The first kappa shape index (κ1) is 17.8. The van der Waals surface area contributed by atoms with Crippen LogP contribution in [-0.2, 0) is 16.1 Å². The Labute approximate surface area is 152 Å². The van der Waals surface area contributed by atoms with Crippen molar-refractivity contribution in [1.82, 2.24) is 15.1 Å². The van der Waals surface area contributed by atoms with Crippen LogP contribution >= 0.6 is 0 Å². The van der Waals surface area contributed by atoms with E-state index in [0.29, 0.717) is 5.82 Å². The Morgan fingerprint density at radius 2 is 2.00 bits per heavy atom. The van der Waals surface area contributed by atoms with Crippen molar-refractivity contribution in [1.29, 1.82) is 0 Å². The third-order valence-corrected chi connectivity index (χ3v) is 4.35. The second-order valence-electron chi connectivity index (χ2n) is 6.14. The number of nitrogens with zero attached hydrogens (tertiary/aromatic N) is 3. The molecule has 6 heteroatoms. The monoisotopic (exact) mass is 351 g/mol. The molecule has 0 aliphatic heterocycles. The summed E-state index contributed by atoms with van der Waals surface area (Å²) in [6.45, 7) is 4.06. The molecule has 0 fully saturated rings. The van der Waals surface area contributed by atoms with Gasteiger partial charge in [0.05, 0.1) is 5.92 Å². The van der Waals surface area contributed by atoms with Crippen LogP contribution in [0.2, 0.25) is 0 Å². The molecule has 2 aromatic heterocycles. The Bertz CT molecular complexity index is 834. The summed E-state index contributed by atoms with van der Waals surface area (Å²) in [6, 6.07) is 13.3. The van der Waals surface area contributed by atoms with Gasteiger partial charge in [0.25, 0.3) is 5.89 Å². The first-order chi connectivity index (χ1) is 12.7. The SMILES string of the molecule is CC[C@@H](C)[C@@H](C(=O)OCc1nc(-c2cccnc2)no1)c1ccccc1. The quantitative estimate of drug-likeness (QED) is 0.599. The van der Waals surface area contributed by atoms with E-state index < -0.39 is 0 Å². The maximum absolute atomic E-state index is 12.7. The molecule has 6 nitrogen and oxygen atoms in total.